The lowest BCUT2D eigenvalue weighted by atomic mass is 10.1. The molecule has 1 aromatic rings. The van der Waals surface area contributed by atoms with E-state index in [1.54, 1.807) is 36.2 Å². The van der Waals surface area contributed by atoms with Crippen molar-refractivity contribution in [3.8, 4) is 5.75 Å². The first-order chi connectivity index (χ1) is 8.66. The quantitative estimate of drug-likeness (QED) is 0.890. The third kappa shape index (κ3) is 3.23. The molecule has 0 radical (unpaired) electrons. The molecule has 1 amide bonds. The van der Waals surface area contributed by atoms with Crippen molar-refractivity contribution in [1.29, 1.82) is 0 Å². The summed E-state index contributed by atoms with van der Waals surface area (Å²) < 4.78 is 5.50. The molecule has 4 nitrogen and oxygen atoms in total. The Morgan fingerprint density at radius 2 is 2.17 bits per heavy atom. The lowest BCUT2D eigenvalue weighted by Crippen LogP contribution is -2.26. The van der Waals surface area contributed by atoms with Crippen LogP contribution in [-0.2, 0) is 9.53 Å². The molecule has 1 heterocycles. The van der Waals surface area contributed by atoms with Crippen molar-refractivity contribution >= 4 is 11.6 Å². The van der Waals surface area contributed by atoms with Crippen LogP contribution in [-0.4, -0.2) is 30.8 Å². The third-order valence-electron chi connectivity index (χ3n) is 3.32. The Kier molecular flexibility index (Phi) is 4.20. The molecule has 98 valence electrons. The van der Waals surface area contributed by atoms with E-state index in [9.17, 15) is 9.90 Å². The number of carbonyl (C=O) groups excluding carboxylic acids is 1. The van der Waals surface area contributed by atoms with Gasteiger partial charge in [-0.3, -0.25) is 4.79 Å². The van der Waals surface area contributed by atoms with Crippen molar-refractivity contribution in [2.24, 2.45) is 0 Å². The van der Waals surface area contributed by atoms with Crippen molar-refractivity contribution in [3.63, 3.8) is 0 Å². The molecule has 1 fully saturated rings. The predicted octanol–water partition coefficient (Wildman–Crippen LogP) is 2.31. The topological polar surface area (TPSA) is 49.8 Å². The average Bonchev–Trinajstić information content (AvgIpc) is 2.89. The van der Waals surface area contributed by atoms with E-state index < -0.39 is 0 Å². The standard InChI is InChI=1S/C14H19NO3/c1-15(11-4-6-12(16)7-5-11)14(17)9-8-13-3-2-10-18-13/h4-7,13,16H,2-3,8-10H2,1H3. The maximum absolute atomic E-state index is 12.0. The molecule has 0 saturated carbocycles. The first-order valence-corrected chi connectivity index (χ1v) is 6.34. The normalized spacial score (nSPS) is 18.8. The number of nitrogens with zero attached hydrogens (tertiary/aromatic N) is 1. The summed E-state index contributed by atoms with van der Waals surface area (Å²) in [5.74, 6) is 0.287. The number of rotatable bonds is 4. The van der Waals surface area contributed by atoms with Crippen molar-refractivity contribution in [2.45, 2.75) is 31.8 Å². The van der Waals surface area contributed by atoms with Gasteiger partial charge in [0.05, 0.1) is 6.10 Å². The fourth-order valence-corrected chi connectivity index (χ4v) is 2.14. The van der Waals surface area contributed by atoms with Gasteiger partial charge in [-0.2, -0.15) is 0 Å². The zero-order valence-electron chi connectivity index (χ0n) is 10.6. The molecule has 0 bridgehead atoms. The molecule has 1 atom stereocenters. The zero-order chi connectivity index (χ0) is 13.0. The van der Waals surface area contributed by atoms with Gasteiger partial charge in [-0.15, -0.1) is 0 Å². The minimum Gasteiger partial charge on any atom is -0.508 e. The van der Waals surface area contributed by atoms with Gasteiger partial charge in [0.1, 0.15) is 5.75 Å². The Labute approximate surface area is 107 Å². The van der Waals surface area contributed by atoms with Crippen LogP contribution >= 0.6 is 0 Å². The summed E-state index contributed by atoms with van der Waals surface area (Å²) in [4.78, 5) is 13.6. The Bertz CT molecular complexity index is 396. The zero-order valence-corrected chi connectivity index (χ0v) is 10.6. The van der Waals surface area contributed by atoms with E-state index in [-0.39, 0.29) is 17.8 Å². The van der Waals surface area contributed by atoms with Crippen LogP contribution in [0.4, 0.5) is 5.69 Å². The van der Waals surface area contributed by atoms with Crippen molar-refractivity contribution < 1.29 is 14.6 Å². The summed E-state index contributed by atoms with van der Waals surface area (Å²) in [5.41, 5.74) is 0.796. The minimum atomic E-state index is 0.0798. The minimum absolute atomic E-state index is 0.0798. The molecule has 0 spiro atoms. The van der Waals surface area contributed by atoms with Gasteiger partial charge in [0.15, 0.2) is 0 Å². The highest BCUT2D eigenvalue weighted by Gasteiger charge is 2.18. The first-order valence-electron chi connectivity index (χ1n) is 6.34. The van der Waals surface area contributed by atoms with E-state index in [2.05, 4.69) is 0 Å². The number of amides is 1. The van der Waals surface area contributed by atoms with Crippen LogP contribution in [0, 0.1) is 0 Å². The fraction of sp³-hybridized carbons (Fsp3) is 0.500. The highest BCUT2D eigenvalue weighted by molar-refractivity contribution is 5.92. The number of aromatic hydroxyl groups is 1. The molecule has 1 aliphatic heterocycles. The summed E-state index contributed by atoms with van der Waals surface area (Å²) in [6.07, 6.45) is 3.72. The Hall–Kier alpha value is -1.55. The molecule has 4 heteroatoms. The van der Waals surface area contributed by atoms with Crippen LogP contribution in [0.1, 0.15) is 25.7 Å². The van der Waals surface area contributed by atoms with Crippen LogP contribution in [0.3, 0.4) is 0 Å². The summed E-state index contributed by atoms with van der Waals surface area (Å²) >= 11 is 0. The lowest BCUT2D eigenvalue weighted by molar-refractivity contribution is -0.118. The van der Waals surface area contributed by atoms with Gasteiger partial charge in [0, 0.05) is 25.8 Å². The number of ether oxygens (including phenoxy) is 1. The second kappa shape index (κ2) is 5.87. The molecular formula is C14H19NO3. The van der Waals surface area contributed by atoms with Gasteiger partial charge < -0.3 is 14.7 Å². The monoisotopic (exact) mass is 249 g/mol. The molecule has 2 rings (SSSR count). The Morgan fingerprint density at radius 3 is 2.78 bits per heavy atom. The number of carbonyl (C=O) groups is 1. The third-order valence-corrected chi connectivity index (χ3v) is 3.32. The number of benzene rings is 1. The van der Waals surface area contributed by atoms with Crippen LogP contribution in [0.15, 0.2) is 24.3 Å². The summed E-state index contributed by atoms with van der Waals surface area (Å²) in [6, 6.07) is 6.64. The molecule has 0 aliphatic carbocycles. The maximum Gasteiger partial charge on any atom is 0.226 e. The molecule has 1 unspecified atom stereocenters. The van der Waals surface area contributed by atoms with Gasteiger partial charge >= 0.3 is 0 Å². The van der Waals surface area contributed by atoms with Gasteiger partial charge in [0.2, 0.25) is 5.91 Å². The smallest absolute Gasteiger partial charge is 0.226 e. The van der Waals surface area contributed by atoms with E-state index in [4.69, 9.17) is 4.74 Å². The van der Waals surface area contributed by atoms with Crippen molar-refractivity contribution in [3.05, 3.63) is 24.3 Å². The number of hydrogen-bond acceptors (Lipinski definition) is 3. The van der Waals surface area contributed by atoms with E-state index in [1.165, 1.54) is 0 Å². The Balaban J connectivity index is 1.85. The second-order valence-electron chi connectivity index (χ2n) is 4.64. The van der Waals surface area contributed by atoms with Crippen molar-refractivity contribution in [1.82, 2.24) is 0 Å². The van der Waals surface area contributed by atoms with Gasteiger partial charge in [-0.05, 0) is 43.5 Å². The maximum atomic E-state index is 12.0. The number of hydrogen-bond donors (Lipinski definition) is 1. The second-order valence-corrected chi connectivity index (χ2v) is 4.64. The van der Waals surface area contributed by atoms with E-state index in [1.807, 2.05) is 0 Å². The van der Waals surface area contributed by atoms with Gasteiger partial charge in [-0.25, -0.2) is 0 Å². The average molecular weight is 249 g/mol. The van der Waals surface area contributed by atoms with Gasteiger partial charge in [0.25, 0.3) is 0 Å². The molecule has 1 N–H and O–H groups in total. The van der Waals surface area contributed by atoms with E-state index >= 15 is 0 Å². The summed E-state index contributed by atoms with van der Waals surface area (Å²) in [6.45, 7) is 0.826. The molecular weight excluding hydrogens is 230 g/mol. The summed E-state index contributed by atoms with van der Waals surface area (Å²) in [5, 5.41) is 9.20. The molecule has 1 aliphatic rings. The van der Waals surface area contributed by atoms with Crippen LogP contribution in [0.25, 0.3) is 0 Å². The number of phenolic OH excluding ortho intramolecular Hbond substituents is 1. The summed E-state index contributed by atoms with van der Waals surface area (Å²) in [7, 11) is 1.75. The largest absolute Gasteiger partial charge is 0.508 e. The van der Waals surface area contributed by atoms with E-state index in [0.29, 0.717) is 6.42 Å². The predicted molar refractivity (Wildman–Crippen MR) is 69.7 cm³/mol. The number of anilines is 1. The van der Waals surface area contributed by atoms with Gasteiger partial charge in [-0.1, -0.05) is 0 Å². The van der Waals surface area contributed by atoms with E-state index in [0.717, 1.165) is 31.6 Å². The first kappa shape index (κ1) is 12.9. The SMILES string of the molecule is CN(C(=O)CCC1CCCO1)c1ccc(O)cc1. The molecule has 1 aromatic carbocycles. The highest BCUT2D eigenvalue weighted by atomic mass is 16.5. The van der Waals surface area contributed by atoms with Crippen molar-refractivity contribution in [2.75, 3.05) is 18.6 Å². The molecule has 18 heavy (non-hydrogen) atoms. The molecule has 1 saturated heterocycles. The Morgan fingerprint density at radius 1 is 1.44 bits per heavy atom. The van der Waals surface area contributed by atoms with Crippen LogP contribution in [0.2, 0.25) is 0 Å². The highest BCUT2D eigenvalue weighted by Crippen LogP contribution is 2.20. The molecule has 0 aromatic heterocycles. The van der Waals surface area contributed by atoms with Crippen LogP contribution in [0.5, 0.6) is 5.75 Å². The lowest BCUT2D eigenvalue weighted by Gasteiger charge is -2.18. The van der Waals surface area contributed by atoms with Crippen LogP contribution < -0.4 is 4.90 Å². The number of phenols is 1. The fourth-order valence-electron chi connectivity index (χ4n) is 2.14.